The summed E-state index contributed by atoms with van der Waals surface area (Å²) in [6, 6.07) is 8.50. The highest BCUT2D eigenvalue weighted by Crippen LogP contribution is 2.11. The van der Waals surface area contributed by atoms with E-state index in [0.717, 1.165) is 12.1 Å². The summed E-state index contributed by atoms with van der Waals surface area (Å²) in [5, 5.41) is 0. The number of benzene rings is 1. The molecule has 0 atom stereocenters. The third-order valence-electron chi connectivity index (χ3n) is 2.26. The first-order valence-corrected chi connectivity index (χ1v) is 4.81. The van der Waals surface area contributed by atoms with Crippen molar-refractivity contribution in [1.29, 1.82) is 0 Å². The second-order valence-electron chi connectivity index (χ2n) is 3.22. The van der Waals surface area contributed by atoms with E-state index < -0.39 is 0 Å². The van der Waals surface area contributed by atoms with E-state index >= 15 is 0 Å². The molecule has 0 aliphatic rings. The molecule has 0 aliphatic heterocycles. The second-order valence-corrected chi connectivity index (χ2v) is 3.22. The predicted octanol–water partition coefficient (Wildman–Crippen LogP) is 3.08. The fourth-order valence-electron chi connectivity index (χ4n) is 1.48. The van der Waals surface area contributed by atoms with Gasteiger partial charge in [-0.2, -0.15) is 0 Å². The van der Waals surface area contributed by atoms with Crippen molar-refractivity contribution in [2.75, 3.05) is 7.05 Å². The molecule has 13 heavy (non-hydrogen) atoms. The molecule has 0 spiro atoms. The summed E-state index contributed by atoms with van der Waals surface area (Å²) in [4.78, 5) is 4.22. The Morgan fingerprint density at radius 2 is 2.00 bits per heavy atom. The Balaban J connectivity index is 3.04. The van der Waals surface area contributed by atoms with Crippen molar-refractivity contribution in [2.45, 2.75) is 26.7 Å². The van der Waals surface area contributed by atoms with Gasteiger partial charge in [0.05, 0.1) is 0 Å². The van der Waals surface area contributed by atoms with E-state index in [2.05, 4.69) is 43.1 Å². The van der Waals surface area contributed by atoms with Crippen LogP contribution in [-0.4, -0.2) is 12.8 Å². The van der Waals surface area contributed by atoms with Crippen LogP contribution in [0.15, 0.2) is 29.3 Å². The molecule has 0 amide bonds. The van der Waals surface area contributed by atoms with Crippen LogP contribution < -0.4 is 0 Å². The summed E-state index contributed by atoms with van der Waals surface area (Å²) >= 11 is 0. The Morgan fingerprint density at radius 1 is 1.31 bits per heavy atom. The van der Waals surface area contributed by atoms with Crippen molar-refractivity contribution in [3.8, 4) is 0 Å². The van der Waals surface area contributed by atoms with Crippen molar-refractivity contribution < 1.29 is 0 Å². The Labute approximate surface area is 80.5 Å². The van der Waals surface area contributed by atoms with E-state index in [4.69, 9.17) is 0 Å². The van der Waals surface area contributed by atoms with Crippen LogP contribution in [0, 0.1) is 0 Å². The number of hydrogen-bond acceptors (Lipinski definition) is 1. The molecular formula is C12H17N. The molecular weight excluding hydrogens is 158 g/mol. The van der Waals surface area contributed by atoms with E-state index in [1.165, 1.54) is 17.5 Å². The highest BCUT2D eigenvalue weighted by atomic mass is 14.7. The first-order valence-electron chi connectivity index (χ1n) is 4.81. The number of nitrogens with zero attached hydrogens (tertiary/aromatic N) is 1. The third-order valence-corrected chi connectivity index (χ3v) is 2.26. The molecule has 0 saturated heterocycles. The maximum atomic E-state index is 4.22. The lowest BCUT2D eigenvalue weighted by Crippen LogP contribution is -2.00. The van der Waals surface area contributed by atoms with Gasteiger partial charge in [0.15, 0.2) is 0 Å². The summed E-state index contributed by atoms with van der Waals surface area (Å²) in [7, 11) is 1.85. The van der Waals surface area contributed by atoms with Gasteiger partial charge in [0.1, 0.15) is 0 Å². The van der Waals surface area contributed by atoms with Gasteiger partial charge in [-0.15, -0.1) is 0 Å². The lowest BCUT2D eigenvalue weighted by Gasteiger charge is -2.06. The number of rotatable bonds is 3. The summed E-state index contributed by atoms with van der Waals surface area (Å²) in [5.41, 5.74) is 3.84. The largest absolute Gasteiger partial charge is 0.293 e. The molecule has 0 unspecified atom stereocenters. The highest BCUT2D eigenvalue weighted by molar-refractivity contribution is 5.99. The Morgan fingerprint density at radius 3 is 2.62 bits per heavy atom. The number of aliphatic imine (C=N–C) groups is 1. The molecule has 1 nitrogen and oxygen atoms in total. The fraction of sp³-hybridized carbons (Fsp3) is 0.417. The van der Waals surface area contributed by atoms with Crippen LogP contribution in [0.3, 0.4) is 0 Å². The Bertz CT molecular complexity index is 300. The first kappa shape index (κ1) is 9.97. The Hall–Kier alpha value is -1.11. The smallest absolute Gasteiger partial charge is 0.0388 e. The number of hydrogen-bond donors (Lipinski definition) is 0. The average molecular weight is 175 g/mol. The molecule has 70 valence electrons. The molecule has 0 aliphatic carbocycles. The van der Waals surface area contributed by atoms with Crippen molar-refractivity contribution >= 4 is 5.71 Å². The zero-order valence-corrected chi connectivity index (χ0v) is 8.67. The zero-order valence-electron chi connectivity index (χ0n) is 8.67. The van der Waals surface area contributed by atoms with Gasteiger partial charge in [-0.1, -0.05) is 37.6 Å². The van der Waals surface area contributed by atoms with Crippen LogP contribution in [0.4, 0.5) is 0 Å². The van der Waals surface area contributed by atoms with Crippen LogP contribution in [0.2, 0.25) is 0 Å². The molecule has 1 aromatic rings. The molecule has 0 bridgehead atoms. The fourth-order valence-corrected chi connectivity index (χ4v) is 1.48. The van der Waals surface area contributed by atoms with Crippen LogP contribution in [0.25, 0.3) is 0 Å². The van der Waals surface area contributed by atoms with Crippen LogP contribution >= 0.6 is 0 Å². The molecule has 1 aromatic carbocycles. The van der Waals surface area contributed by atoms with Gasteiger partial charge in [-0.3, -0.25) is 4.99 Å². The summed E-state index contributed by atoms with van der Waals surface area (Å²) in [5.74, 6) is 0. The van der Waals surface area contributed by atoms with Crippen molar-refractivity contribution in [1.82, 2.24) is 0 Å². The minimum absolute atomic E-state index is 1.13. The summed E-state index contributed by atoms with van der Waals surface area (Å²) in [6.45, 7) is 4.27. The SMILES string of the molecule is CCCc1ccccc1C(C)=NC. The van der Waals surface area contributed by atoms with Crippen LogP contribution in [-0.2, 0) is 6.42 Å². The van der Waals surface area contributed by atoms with Gasteiger partial charge >= 0.3 is 0 Å². The summed E-state index contributed by atoms with van der Waals surface area (Å²) in [6.07, 6.45) is 2.33. The van der Waals surface area contributed by atoms with Gasteiger partial charge in [-0.25, -0.2) is 0 Å². The van der Waals surface area contributed by atoms with Gasteiger partial charge in [0.2, 0.25) is 0 Å². The van der Waals surface area contributed by atoms with E-state index in [0.29, 0.717) is 0 Å². The average Bonchev–Trinajstić information content (AvgIpc) is 2.18. The molecule has 0 fully saturated rings. The van der Waals surface area contributed by atoms with Crippen molar-refractivity contribution in [3.05, 3.63) is 35.4 Å². The third kappa shape index (κ3) is 2.41. The lowest BCUT2D eigenvalue weighted by molar-refractivity contribution is 0.919. The molecule has 0 radical (unpaired) electrons. The lowest BCUT2D eigenvalue weighted by atomic mass is 10.0. The highest BCUT2D eigenvalue weighted by Gasteiger charge is 2.02. The summed E-state index contributed by atoms with van der Waals surface area (Å²) < 4.78 is 0. The molecule has 1 rings (SSSR count). The minimum Gasteiger partial charge on any atom is -0.293 e. The standard InChI is InChI=1S/C12H17N/c1-4-7-11-8-5-6-9-12(11)10(2)13-3/h5-6,8-9H,4,7H2,1-3H3. The van der Waals surface area contributed by atoms with Crippen molar-refractivity contribution in [2.24, 2.45) is 4.99 Å². The van der Waals surface area contributed by atoms with Crippen LogP contribution in [0.5, 0.6) is 0 Å². The minimum atomic E-state index is 1.13. The molecule has 1 heteroatoms. The molecule has 0 N–H and O–H groups in total. The molecule has 0 heterocycles. The second kappa shape index (κ2) is 4.80. The van der Waals surface area contributed by atoms with E-state index in [-0.39, 0.29) is 0 Å². The van der Waals surface area contributed by atoms with Gasteiger partial charge in [-0.05, 0) is 24.5 Å². The zero-order chi connectivity index (χ0) is 9.68. The molecule has 0 saturated carbocycles. The van der Waals surface area contributed by atoms with E-state index in [1.54, 1.807) is 0 Å². The van der Waals surface area contributed by atoms with Crippen LogP contribution in [0.1, 0.15) is 31.4 Å². The van der Waals surface area contributed by atoms with E-state index in [9.17, 15) is 0 Å². The van der Waals surface area contributed by atoms with E-state index in [1.807, 2.05) is 7.05 Å². The Kier molecular flexibility index (Phi) is 3.69. The monoisotopic (exact) mass is 175 g/mol. The maximum Gasteiger partial charge on any atom is 0.0388 e. The van der Waals surface area contributed by atoms with Crippen molar-refractivity contribution in [3.63, 3.8) is 0 Å². The molecule has 0 aromatic heterocycles. The first-order chi connectivity index (χ1) is 6.29. The maximum absolute atomic E-state index is 4.22. The quantitative estimate of drug-likeness (QED) is 0.626. The normalized spacial score (nSPS) is 11.8. The van der Waals surface area contributed by atoms with Gasteiger partial charge in [0.25, 0.3) is 0 Å². The predicted molar refractivity (Wildman–Crippen MR) is 58.6 cm³/mol. The number of aryl methyl sites for hydroxylation is 1. The topological polar surface area (TPSA) is 12.4 Å². The van der Waals surface area contributed by atoms with Gasteiger partial charge in [0, 0.05) is 12.8 Å². The van der Waals surface area contributed by atoms with Gasteiger partial charge < -0.3 is 0 Å².